The van der Waals surface area contributed by atoms with Crippen molar-refractivity contribution in [2.45, 2.75) is 84.9 Å². The molecule has 0 fully saturated rings. The zero-order chi connectivity index (χ0) is 27.3. The summed E-state index contributed by atoms with van der Waals surface area (Å²) in [6.45, 7) is 15.9. The Kier molecular flexibility index (Phi) is 13.7. The van der Waals surface area contributed by atoms with E-state index in [9.17, 15) is 14.4 Å². The number of carbonyl (C=O) groups is 3. The molecule has 3 amide bonds. The third-order valence-corrected chi connectivity index (χ3v) is 6.22. The molecule has 1 aromatic carbocycles. The lowest BCUT2D eigenvalue weighted by Gasteiger charge is -2.34. The number of hydrogen-bond acceptors (Lipinski definition) is 5. The maximum absolute atomic E-state index is 14.0. The highest BCUT2D eigenvalue weighted by Gasteiger charge is 2.36. The first-order chi connectivity index (χ1) is 16.9. The number of benzene rings is 1. The van der Waals surface area contributed by atoms with Crippen LogP contribution in [-0.4, -0.2) is 59.5 Å². The lowest BCUT2D eigenvalue weighted by Crippen LogP contribution is -2.53. The molecule has 0 aromatic heterocycles. The average Bonchev–Trinajstić information content (AvgIpc) is 2.79. The number of carbonyl (C=O) groups excluding carboxylic acids is 3. The topological polar surface area (TPSA) is 87.7 Å². The van der Waals surface area contributed by atoms with Gasteiger partial charge in [-0.2, -0.15) is 11.8 Å². The monoisotopic (exact) mass is 519 g/mol. The maximum atomic E-state index is 14.0. The van der Waals surface area contributed by atoms with E-state index in [1.165, 1.54) is 4.90 Å². The van der Waals surface area contributed by atoms with Crippen molar-refractivity contribution in [2.24, 2.45) is 0 Å². The van der Waals surface area contributed by atoms with Gasteiger partial charge in [-0.3, -0.25) is 9.59 Å². The van der Waals surface area contributed by atoms with E-state index in [4.69, 9.17) is 4.74 Å². The normalized spacial score (nSPS) is 12.9. The van der Waals surface area contributed by atoms with Crippen LogP contribution in [0.3, 0.4) is 0 Å². The number of nitrogens with zero attached hydrogens (tertiary/aromatic N) is 1. The van der Waals surface area contributed by atoms with Gasteiger partial charge in [-0.25, -0.2) is 4.79 Å². The predicted molar refractivity (Wildman–Crippen MR) is 149 cm³/mol. The summed E-state index contributed by atoms with van der Waals surface area (Å²) in [4.78, 5) is 41.6. The zero-order valence-electron chi connectivity index (χ0n) is 23.1. The Morgan fingerprint density at radius 1 is 1.19 bits per heavy atom. The number of thioether (sulfide) groups is 1. The quantitative estimate of drug-likeness (QED) is 0.257. The van der Waals surface area contributed by atoms with E-state index in [0.717, 1.165) is 36.0 Å². The lowest BCUT2D eigenvalue weighted by atomic mass is 9.96. The number of nitrogens with one attached hydrogen (secondary N) is 2. The van der Waals surface area contributed by atoms with E-state index in [2.05, 4.69) is 24.1 Å². The molecule has 0 radical (unpaired) electrons. The summed E-state index contributed by atoms with van der Waals surface area (Å²) in [5.41, 5.74) is 1.98. The summed E-state index contributed by atoms with van der Waals surface area (Å²) in [5.74, 6) is 0.0752. The van der Waals surface area contributed by atoms with Crippen LogP contribution < -0.4 is 10.6 Å². The average molecular weight is 520 g/mol. The van der Waals surface area contributed by atoms with Crippen molar-refractivity contribution >= 4 is 29.7 Å². The number of alkyl carbamates (subject to hydrolysis) is 1. The van der Waals surface area contributed by atoms with Gasteiger partial charge in [0.1, 0.15) is 17.7 Å². The minimum absolute atomic E-state index is 0.158. The Morgan fingerprint density at radius 3 is 2.47 bits per heavy atom. The molecule has 0 aliphatic carbocycles. The molecule has 202 valence electrons. The summed E-state index contributed by atoms with van der Waals surface area (Å²) < 4.78 is 5.41. The lowest BCUT2D eigenvalue weighted by molar-refractivity contribution is -0.141. The molecule has 0 saturated heterocycles. The fourth-order valence-corrected chi connectivity index (χ4v) is 4.26. The van der Waals surface area contributed by atoms with E-state index < -0.39 is 23.8 Å². The molecule has 0 saturated carbocycles. The molecule has 0 spiro atoms. The summed E-state index contributed by atoms with van der Waals surface area (Å²) in [7, 11) is 0. The number of aryl methyl sites for hydroxylation is 2. The van der Waals surface area contributed by atoms with Crippen molar-refractivity contribution in [1.82, 2.24) is 15.5 Å². The van der Waals surface area contributed by atoms with Crippen LogP contribution in [0.5, 0.6) is 0 Å². The van der Waals surface area contributed by atoms with Crippen molar-refractivity contribution in [2.75, 3.05) is 25.1 Å². The van der Waals surface area contributed by atoms with Crippen LogP contribution in [0.15, 0.2) is 30.9 Å². The van der Waals surface area contributed by atoms with Crippen molar-refractivity contribution in [1.29, 1.82) is 0 Å². The smallest absolute Gasteiger partial charge is 0.408 e. The van der Waals surface area contributed by atoms with Gasteiger partial charge in [0.15, 0.2) is 0 Å². The third-order valence-electron chi connectivity index (χ3n) is 5.58. The highest BCUT2D eigenvalue weighted by Crippen LogP contribution is 2.27. The molecule has 7 nitrogen and oxygen atoms in total. The van der Waals surface area contributed by atoms with Crippen LogP contribution in [0, 0.1) is 13.8 Å². The van der Waals surface area contributed by atoms with Crippen LogP contribution in [0.1, 0.15) is 76.1 Å². The molecule has 0 aliphatic rings. The van der Waals surface area contributed by atoms with Crippen LogP contribution in [0.2, 0.25) is 0 Å². The number of unbranched alkanes of at least 4 members (excludes halogenated alkanes) is 2. The van der Waals surface area contributed by atoms with Gasteiger partial charge < -0.3 is 20.3 Å². The fraction of sp³-hybridized carbons (Fsp3) is 0.607. The molecule has 0 heterocycles. The minimum atomic E-state index is -0.853. The highest BCUT2D eigenvalue weighted by molar-refractivity contribution is 7.98. The Bertz CT molecular complexity index is 882. The van der Waals surface area contributed by atoms with Gasteiger partial charge in [0.25, 0.3) is 0 Å². The molecule has 2 atom stereocenters. The van der Waals surface area contributed by atoms with Crippen molar-refractivity contribution < 1.29 is 19.1 Å². The first-order valence-corrected chi connectivity index (χ1v) is 14.1. The molecule has 0 bridgehead atoms. The molecule has 2 N–H and O–H groups in total. The summed E-state index contributed by atoms with van der Waals surface area (Å²) in [5, 5.41) is 5.77. The summed E-state index contributed by atoms with van der Waals surface area (Å²) >= 11 is 1.58. The maximum Gasteiger partial charge on any atom is 0.408 e. The molecule has 8 heteroatoms. The zero-order valence-corrected chi connectivity index (χ0v) is 23.9. The van der Waals surface area contributed by atoms with Crippen LogP contribution in [0.4, 0.5) is 4.79 Å². The second-order valence-corrected chi connectivity index (χ2v) is 11.0. The Hall–Kier alpha value is -2.48. The molecule has 2 unspecified atom stereocenters. The van der Waals surface area contributed by atoms with E-state index in [1.54, 1.807) is 38.6 Å². The molecular formula is C28H45N3O4S. The number of rotatable bonds is 14. The van der Waals surface area contributed by atoms with E-state index in [-0.39, 0.29) is 18.4 Å². The fourth-order valence-electron chi connectivity index (χ4n) is 3.79. The predicted octanol–water partition coefficient (Wildman–Crippen LogP) is 5.31. The Balaban J connectivity index is 3.42. The Morgan fingerprint density at radius 2 is 1.89 bits per heavy atom. The standard InChI is InChI=1S/C28H45N3O4S/c1-9-11-12-16-29-25(32)24(22-19-20(3)13-14-21(22)4)31(17-10-2)26(33)23(15-18-36-8)30-27(34)35-28(5,6)7/h10,13-14,19,23-24H,2,9,11-12,15-18H2,1,3-8H3,(H,29,32)(H,30,34). The van der Waals surface area contributed by atoms with Gasteiger partial charge in [0.05, 0.1) is 0 Å². The molecule has 1 aromatic rings. The summed E-state index contributed by atoms with van der Waals surface area (Å²) in [6, 6.07) is 4.21. The Labute approximate surface area is 221 Å². The second kappa shape index (κ2) is 15.6. The van der Waals surface area contributed by atoms with Gasteiger partial charge >= 0.3 is 6.09 Å². The van der Waals surface area contributed by atoms with Gasteiger partial charge in [0, 0.05) is 13.1 Å². The molecule has 1 rings (SSSR count). The van der Waals surface area contributed by atoms with Crippen LogP contribution in [-0.2, 0) is 14.3 Å². The van der Waals surface area contributed by atoms with Gasteiger partial charge in [0.2, 0.25) is 11.8 Å². The molecule has 0 aliphatic heterocycles. The minimum Gasteiger partial charge on any atom is -0.444 e. The first kappa shape index (κ1) is 31.5. The number of amides is 3. The van der Waals surface area contributed by atoms with Crippen LogP contribution in [0.25, 0.3) is 0 Å². The SMILES string of the molecule is C=CCN(C(=O)C(CCSC)NC(=O)OC(C)(C)C)C(C(=O)NCCCCC)c1cc(C)ccc1C. The van der Waals surface area contributed by atoms with Crippen molar-refractivity contribution in [3.63, 3.8) is 0 Å². The van der Waals surface area contributed by atoms with E-state index in [0.29, 0.717) is 18.7 Å². The van der Waals surface area contributed by atoms with E-state index in [1.807, 2.05) is 38.3 Å². The highest BCUT2D eigenvalue weighted by atomic mass is 32.2. The number of ether oxygens (including phenoxy) is 1. The number of hydrogen-bond donors (Lipinski definition) is 2. The van der Waals surface area contributed by atoms with Gasteiger partial charge in [-0.1, -0.05) is 49.6 Å². The molecule has 36 heavy (non-hydrogen) atoms. The first-order valence-electron chi connectivity index (χ1n) is 12.7. The van der Waals surface area contributed by atoms with Crippen molar-refractivity contribution in [3.05, 3.63) is 47.5 Å². The second-order valence-electron chi connectivity index (χ2n) is 10.0. The van der Waals surface area contributed by atoms with Crippen molar-refractivity contribution in [3.8, 4) is 0 Å². The van der Waals surface area contributed by atoms with Gasteiger partial charge in [-0.05, 0) is 70.6 Å². The van der Waals surface area contributed by atoms with Crippen LogP contribution >= 0.6 is 11.8 Å². The molecular weight excluding hydrogens is 474 g/mol. The van der Waals surface area contributed by atoms with Gasteiger partial charge in [-0.15, -0.1) is 6.58 Å². The largest absolute Gasteiger partial charge is 0.444 e. The third kappa shape index (κ3) is 10.6. The van der Waals surface area contributed by atoms with E-state index >= 15 is 0 Å². The summed E-state index contributed by atoms with van der Waals surface area (Å²) in [6.07, 6.45) is 6.23.